The normalized spacial score (nSPS) is 12.8. The number of aryl methyl sites for hydroxylation is 1. The van der Waals surface area contributed by atoms with E-state index in [0.717, 1.165) is 16.6 Å². The minimum absolute atomic E-state index is 0.0109. The number of hydrogen-bond acceptors (Lipinski definition) is 1. The van der Waals surface area contributed by atoms with Crippen molar-refractivity contribution in [2.24, 2.45) is 12.8 Å². The van der Waals surface area contributed by atoms with Crippen LogP contribution in [0.4, 0.5) is 4.39 Å². The van der Waals surface area contributed by atoms with Crippen molar-refractivity contribution in [1.29, 1.82) is 0 Å². The Hall–Kier alpha value is -2.13. The van der Waals surface area contributed by atoms with Crippen LogP contribution in [0, 0.1) is 5.82 Å². The minimum atomic E-state index is -0.221. The molecule has 2 aromatic carbocycles. The molecule has 0 fully saturated rings. The summed E-state index contributed by atoms with van der Waals surface area (Å²) in [6, 6.07) is 14.9. The van der Waals surface area contributed by atoms with Crippen LogP contribution in [0.25, 0.3) is 10.9 Å². The first-order valence-corrected chi connectivity index (χ1v) is 6.70. The topological polar surface area (TPSA) is 30.9 Å². The van der Waals surface area contributed by atoms with Crippen LogP contribution in [-0.2, 0) is 7.05 Å². The van der Waals surface area contributed by atoms with Gasteiger partial charge in [0.1, 0.15) is 5.82 Å². The molecule has 0 bridgehead atoms. The maximum absolute atomic E-state index is 13.5. The van der Waals surface area contributed by atoms with Crippen molar-refractivity contribution in [2.45, 2.75) is 5.92 Å². The van der Waals surface area contributed by atoms with Gasteiger partial charge in [0.25, 0.3) is 0 Å². The molecule has 0 aliphatic rings. The zero-order chi connectivity index (χ0) is 14.1. The fourth-order valence-corrected chi connectivity index (χ4v) is 2.82. The molecule has 0 radical (unpaired) electrons. The van der Waals surface area contributed by atoms with Gasteiger partial charge in [0.05, 0.1) is 0 Å². The van der Waals surface area contributed by atoms with E-state index in [1.807, 2.05) is 25.2 Å². The summed E-state index contributed by atoms with van der Waals surface area (Å²) >= 11 is 0. The maximum Gasteiger partial charge on any atom is 0.123 e. The number of aromatic nitrogens is 1. The molecule has 1 unspecified atom stereocenters. The Balaban J connectivity index is 2.17. The van der Waals surface area contributed by atoms with E-state index in [9.17, 15) is 4.39 Å². The first-order chi connectivity index (χ1) is 9.70. The maximum atomic E-state index is 13.5. The van der Waals surface area contributed by atoms with Gasteiger partial charge in [-0.05, 0) is 29.3 Å². The molecule has 0 saturated heterocycles. The van der Waals surface area contributed by atoms with E-state index in [4.69, 9.17) is 5.73 Å². The van der Waals surface area contributed by atoms with Gasteiger partial charge in [0, 0.05) is 36.6 Å². The Morgan fingerprint density at radius 2 is 1.95 bits per heavy atom. The largest absolute Gasteiger partial charge is 0.350 e. The summed E-state index contributed by atoms with van der Waals surface area (Å²) < 4.78 is 15.5. The van der Waals surface area contributed by atoms with Gasteiger partial charge in [-0.25, -0.2) is 4.39 Å². The summed E-state index contributed by atoms with van der Waals surface area (Å²) in [5.41, 5.74) is 9.19. The lowest BCUT2D eigenvalue weighted by molar-refractivity contribution is 0.623. The third kappa shape index (κ3) is 2.10. The molecule has 102 valence electrons. The average Bonchev–Trinajstić information content (AvgIpc) is 2.78. The predicted molar refractivity (Wildman–Crippen MR) is 80.2 cm³/mol. The van der Waals surface area contributed by atoms with E-state index in [0.29, 0.717) is 6.54 Å². The highest BCUT2D eigenvalue weighted by atomic mass is 19.1. The highest BCUT2D eigenvalue weighted by Gasteiger charge is 2.18. The Bertz CT molecular complexity index is 746. The van der Waals surface area contributed by atoms with Crippen molar-refractivity contribution in [2.75, 3.05) is 6.54 Å². The van der Waals surface area contributed by atoms with Crippen molar-refractivity contribution < 1.29 is 4.39 Å². The average molecular weight is 268 g/mol. The Morgan fingerprint density at radius 1 is 1.15 bits per heavy atom. The molecule has 3 heteroatoms. The molecule has 2 nitrogen and oxygen atoms in total. The van der Waals surface area contributed by atoms with Gasteiger partial charge in [-0.3, -0.25) is 0 Å². The molecule has 0 aliphatic heterocycles. The minimum Gasteiger partial charge on any atom is -0.350 e. The lowest BCUT2D eigenvalue weighted by Crippen LogP contribution is -2.13. The van der Waals surface area contributed by atoms with Gasteiger partial charge in [-0.15, -0.1) is 0 Å². The lowest BCUT2D eigenvalue weighted by atomic mass is 9.91. The number of nitrogens with zero attached hydrogens (tertiary/aromatic N) is 1. The molecule has 3 rings (SSSR count). The third-order valence-electron chi connectivity index (χ3n) is 3.79. The van der Waals surface area contributed by atoms with Gasteiger partial charge >= 0.3 is 0 Å². The van der Waals surface area contributed by atoms with Gasteiger partial charge in [0.2, 0.25) is 0 Å². The fourth-order valence-electron chi connectivity index (χ4n) is 2.82. The molecule has 1 heterocycles. The van der Waals surface area contributed by atoms with Crippen molar-refractivity contribution in [3.05, 3.63) is 71.7 Å². The number of nitrogens with two attached hydrogens (primary N) is 1. The molecule has 0 spiro atoms. The molecule has 2 N–H and O–H groups in total. The Labute approximate surface area is 117 Å². The van der Waals surface area contributed by atoms with Crippen LogP contribution in [0.15, 0.2) is 54.7 Å². The molecular weight excluding hydrogens is 251 g/mol. The van der Waals surface area contributed by atoms with E-state index < -0.39 is 0 Å². The van der Waals surface area contributed by atoms with Crippen molar-refractivity contribution >= 4 is 10.9 Å². The summed E-state index contributed by atoms with van der Waals surface area (Å²) in [6.45, 7) is 0.456. The quantitative estimate of drug-likeness (QED) is 0.775. The van der Waals surface area contributed by atoms with Gasteiger partial charge in [-0.1, -0.05) is 30.3 Å². The smallest absolute Gasteiger partial charge is 0.123 e. The summed E-state index contributed by atoms with van der Waals surface area (Å²) in [4.78, 5) is 0. The van der Waals surface area contributed by atoms with Crippen LogP contribution in [0.5, 0.6) is 0 Å². The van der Waals surface area contributed by atoms with Crippen LogP contribution in [0.3, 0.4) is 0 Å². The highest BCUT2D eigenvalue weighted by Crippen LogP contribution is 2.31. The highest BCUT2D eigenvalue weighted by molar-refractivity contribution is 5.85. The predicted octanol–water partition coefficient (Wildman–Crippen LogP) is 3.41. The van der Waals surface area contributed by atoms with E-state index in [-0.39, 0.29) is 11.7 Å². The molecule has 0 saturated carbocycles. The summed E-state index contributed by atoms with van der Waals surface area (Å²) in [7, 11) is 2.02. The monoisotopic (exact) mass is 268 g/mol. The summed E-state index contributed by atoms with van der Waals surface area (Å²) in [5, 5.41) is 1.18. The number of rotatable bonds is 3. The molecule has 1 atom stereocenters. The zero-order valence-electron chi connectivity index (χ0n) is 11.4. The first-order valence-electron chi connectivity index (χ1n) is 6.70. The lowest BCUT2D eigenvalue weighted by Gasteiger charge is -2.15. The van der Waals surface area contributed by atoms with Crippen LogP contribution in [-0.4, -0.2) is 11.1 Å². The number of para-hydroxylation sites is 1. The molecule has 1 aromatic heterocycles. The van der Waals surface area contributed by atoms with Crippen LogP contribution in [0.2, 0.25) is 0 Å². The standard InChI is InChI=1S/C17H17FN2/c1-20-11-16(14-7-2-3-8-17(14)20)15(10-19)12-5-4-6-13(18)9-12/h2-9,11,15H,10,19H2,1H3. The Morgan fingerprint density at radius 3 is 2.70 bits per heavy atom. The van der Waals surface area contributed by atoms with Crippen molar-refractivity contribution in [1.82, 2.24) is 4.57 Å². The number of benzene rings is 2. The van der Waals surface area contributed by atoms with Gasteiger partial charge in [-0.2, -0.15) is 0 Å². The second-order valence-electron chi connectivity index (χ2n) is 5.06. The molecule has 0 aliphatic carbocycles. The fraction of sp³-hybridized carbons (Fsp3) is 0.176. The van der Waals surface area contributed by atoms with E-state index in [1.54, 1.807) is 12.1 Å². The second-order valence-corrected chi connectivity index (χ2v) is 5.06. The van der Waals surface area contributed by atoms with E-state index in [1.165, 1.54) is 11.5 Å². The van der Waals surface area contributed by atoms with Crippen LogP contribution in [0.1, 0.15) is 17.0 Å². The van der Waals surface area contributed by atoms with Gasteiger partial charge in [0.15, 0.2) is 0 Å². The van der Waals surface area contributed by atoms with Crippen molar-refractivity contribution in [3.63, 3.8) is 0 Å². The van der Waals surface area contributed by atoms with E-state index >= 15 is 0 Å². The number of halogens is 1. The summed E-state index contributed by atoms with van der Waals surface area (Å²) in [5.74, 6) is -0.210. The van der Waals surface area contributed by atoms with Crippen LogP contribution < -0.4 is 5.73 Å². The molecule has 0 amide bonds. The summed E-state index contributed by atoms with van der Waals surface area (Å²) in [6.07, 6.45) is 2.09. The van der Waals surface area contributed by atoms with Crippen molar-refractivity contribution in [3.8, 4) is 0 Å². The number of fused-ring (bicyclic) bond motifs is 1. The molecular formula is C17H17FN2. The zero-order valence-corrected chi connectivity index (χ0v) is 11.4. The van der Waals surface area contributed by atoms with Gasteiger partial charge < -0.3 is 10.3 Å². The SMILES string of the molecule is Cn1cc(C(CN)c2cccc(F)c2)c2ccccc21. The first kappa shape index (κ1) is 12.9. The second kappa shape index (κ2) is 5.10. The third-order valence-corrected chi connectivity index (χ3v) is 3.79. The Kier molecular flexibility index (Phi) is 3.28. The number of hydrogen-bond donors (Lipinski definition) is 1. The molecule has 20 heavy (non-hydrogen) atoms. The van der Waals surface area contributed by atoms with E-state index in [2.05, 4.69) is 22.9 Å². The van der Waals surface area contributed by atoms with Crippen LogP contribution >= 0.6 is 0 Å². The molecule has 3 aromatic rings.